The van der Waals surface area contributed by atoms with E-state index in [9.17, 15) is 9.59 Å². The van der Waals surface area contributed by atoms with E-state index in [4.69, 9.17) is 9.47 Å². The van der Waals surface area contributed by atoms with Crippen LogP contribution in [0.25, 0.3) is 11.4 Å². The van der Waals surface area contributed by atoms with Crippen LogP contribution in [0.3, 0.4) is 0 Å². The first kappa shape index (κ1) is 29.3. The minimum Gasteiger partial charge on any atom is -0.466 e. The highest BCUT2D eigenvalue weighted by atomic mass is 16.5. The van der Waals surface area contributed by atoms with Crippen LogP contribution < -0.4 is 0 Å². The zero-order chi connectivity index (χ0) is 30.0. The van der Waals surface area contributed by atoms with Gasteiger partial charge in [-0.3, -0.25) is 9.59 Å². The Labute approximate surface area is 247 Å². The zero-order valence-corrected chi connectivity index (χ0v) is 25.3. The fourth-order valence-corrected chi connectivity index (χ4v) is 5.65. The van der Waals surface area contributed by atoms with Gasteiger partial charge in [0, 0.05) is 23.8 Å². The lowest BCUT2D eigenvalue weighted by atomic mass is 10.0. The Balaban J connectivity index is 0.000000168. The molecule has 2 aromatic carbocycles. The molecule has 2 aliphatic carbocycles. The van der Waals surface area contributed by atoms with E-state index < -0.39 is 0 Å². The molecular formula is C34H40N4O4. The van der Waals surface area contributed by atoms with Gasteiger partial charge >= 0.3 is 11.9 Å². The predicted octanol–water partition coefficient (Wildman–Crippen LogP) is 6.31. The van der Waals surface area contributed by atoms with Crippen LogP contribution in [0.1, 0.15) is 72.2 Å². The number of carbonyl (C=O) groups is 2. The molecule has 0 spiro atoms. The number of rotatable bonds is 8. The molecule has 2 heterocycles. The summed E-state index contributed by atoms with van der Waals surface area (Å²) in [6.07, 6.45) is 9.50. The van der Waals surface area contributed by atoms with Gasteiger partial charge in [0.25, 0.3) is 0 Å². The summed E-state index contributed by atoms with van der Waals surface area (Å²) < 4.78 is 14.2. The van der Waals surface area contributed by atoms with Crippen LogP contribution in [0.4, 0.5) is 0 Å². The lowest BCUT2D eigenvalue weighted by Crippen LogP contribution is -2.07. The summed E-state index contributed by atoms with van der Waals surface area (Å²) in [6, 6.07) is 12.8. The van der Waals surface area contributed by atoms with Gasteiger partial charge in [0.1, 0.15) is 0 Å². The highest BCUT2D eigenvalue weighted by Crippen LogP contribution is 2.49. The van der Waals surface area contributed by atoms with Crippen LogP contribution in [0.5, 0.6) is 0 Å². The van der Waals surface area contributed by atoms with Crippen LogP contribution in [0, 0.1) is 39.5 Å². The van der Waals surface area contributed by atoms with Gasteiger partial charge in [0.05, 0.1) is 49.1 Å². The minimum atomic E-state index is -0.0607. The van der Waals surface area contributed by atoms with Crippen molar-refractivity contribution in [3.63, 3.8) is 0 Å². The van der Waals surface area contributed by atoms with Crippen LogP contribution in [0.2, 0.25) is 0 Å². The third-order valence-corrected chi connectivity index (χ3v) is 8.04. The summed E-state index contributed by atoms with van der Waals surface area (Å²) >= 11 is 0. The Morgan fingerprint density at radius 2 is 1.12 bits per heavy atom. The molecule has 4 unspecified atom stereocenters. The zero-order valence-electron chi connectivity index (χ0n) is 25.3. The number of imidazole rings is 2. The molecule has 0 saturated heterocycles. The summed E-state index contributed by atoms with van der Waals surface area (Å²) in [5.41, 5.74) is 9.11. The van der Waals surface area contributed by atoms with Crippen LogP contribution in [0.15, 0.2) is 61.4 Å². The number of hydrogen-bond acceptors (Lipinski definition) is 6. The van der Waals surface area contributed by atoms with Gasteiger partial charge in [-0.05, 0) is 101 Å². The molecule has 2 saturated carbocycles. The van der Waals surface area contributed by atoms with E-state index in [0.717, 1.165) is 35.6 Å². The molecule has 2 aliphatic rings. The fraction of sp³-hybridized carbons (Fsp3) is 0.412. The van der Waals surface area contributed by atoms with E-state index >= 15 is 0 Å². The van der Waals surface area contributed by atoms with Gasteiger partial charge in [-0.1, -0.05) is 24.3 Å². The third kappa shape index (κ3) is 6.48. The van der Waals surface area contributed by atoms with Crippen molar-refractivity contribution in [2.24, 2.45) is 11.8 Å². The number of ether oxygens (including phenoxy) is 2. The Morgan fingerprint density at radius 1 is 0.714 bits per heavy atom. The van der Waals surface area contributed by atoms with Crippen LogP contribution in [-0.2, 0) is 19.1 Å². The number of hydrogen-bond donors (Lipinski definition) is 0. The molecule has 0 radical (unpaired) electrons. The summed E-state index contributed by atoms with van der Waals surface area (Å²) in [5.74, 6) is 0.614. The molecule has 0 amide bonds. The first-order valence-corrected chi connectivity index (χ1v) is 14.8. The van der Waals surface area contributed by atoms with Crippen molar-refractivity contribution in [3.05, 3.63) is 95.1 Å². The molecular weight excluding hydrogens is 528 g/mol. The van der Waals surface area contributed by atoms with Gasteiger partial charge in [-0.15, -0.1) is 0 Å². The highest BCUT2D eigenvalue weighted by molar-refractivity contribution is 5.78. The number of nitrogens with zero attached hydrogens (tertiary/aromatic N) is 4. The van der Waals surface area contributed by atoms with Crippen molar-refractivity contribution in [3.8, 4) is 11.4 Å². The lowest BCUT2D eigenvalue weighted by Gasteiger charge is -2.09. The van der Waals surface area contributed by atoms with E-state index in [2.05, 4.69) is 60.2 Å². The van der Waals surface area contributed by atoms with Crippen molar-refractivity contribution in [1.29, 1.82) is 0 Å². The molecule has 6 rings (SSSR count). The largest absolute Gasteiger partial charge is 0.466 e. The molecule has 4 aromatic rings. The van der Waals surface area contributed by atoms with Gasteiger partial charge in [0.15, 0.2) is 0 Å². The number of aryl methyl sites for hydroxylation is 4. The topological polar surface area (TPSA) is 88.2 Å². The van der Waals surface area contributed by atoms with Crippen molar-refractivity contribution < 1.29 is 19.1 Å². The number of carbonyl (C=O) groups excluding carboxylic acids is 2. The van der Waals surface area contributed by atoms with Crippen molar-refractivity contribution in [1.82, 2.24) is 19.1 Å². The van der Waals surface area contributed by atoms with E-state index in [1.54, 1.807) is 0 Å². The molecule has 2 fully saturated rings. The van der Waals surface area contributed by atoms with E-state index in [1.807, 2.05) is 61.9 Å². The maximum atomic E-state index is 11.7. The summed E-state index contributed by atoms with van der Waals surface area (Å²) in [5, 5.41) is 0. The predicted molar refractivity (Wildman–Crippen MR) is 161 cm³/mol. The van der Waals surface area contributed by atoms with Crippen molar-refractivity contribution in [2.75, 3.05) is 13.2 Å². The quantitative estimate of drug-likeness (QED) is 0.232. The Bertz CT molecular complexity index is 1470. The second-order valence-corrected chi connectivity index (χ2v) is 11.3. The van der Waals surface area contributed by atoms with E-state index in [0.29, 0.717) is 25.0 Å². The van der Waals surface area contributed by atoms with Gasteiger partial charge in [-0.2, -0.15) is 0 Å². The maximum absolute atomic E-state index is 11.7. The molecule has 8 heteroatoms. The van der Waals surface area contributed by atoms with E-state index in [-0.39, 0.29) is 23.8 Å². The summed E-state index contributed by atoms with van der Waals surface area (Å²) in [7, 11) is 0. The molecule has 42 heavy (non-hydrogen) atoms. The first-order chi connectivity index (χ1) is 20.2. The Hall–Kier alpha value is -4.20. The Morgan fingerprint density at radius 3 is 1.43 bits per heavy atom. The third-order valence-electron chi connectivity index (χ3n) is 8.04. The summed E-state index contributed by atoms with van der Waals surface area (Å²) in [4.78, 5) is 32.0. The van der Waals surface area contributed by atoms with Crippen LogP contribution in [-0.4, -0.2) is 44.3 Å². The van der Waals surface area contributed by atoms with Gasteiger partial charge in [-0.25, -0.2) is 9.97 Å². The van der Waals surface area contributed by atoms with Crippen molar-refractivity contribution >= 4 is 11.9 Å². The Kier molecular flexibility index (Phi) is 8.61. The number of aromatic nitrogens is 4. The monoisotopic (exact) mass is 568 g/mol. The lowest BCUT2D eigenvalue weighted by molar-refractivity contribution is -0.145. The molecule has 2 aromatic heterocycles. The molecule has 0 bridgehead atoms. The summed E-state index contributed by atoms with van der Waals surface area (Å²) in [6.45, 7) is 12.8. The van der Waals surface area contributed by atoms with Crippen LogP contribution >= 0.6 is 0 Å². The molecule has 0 N–H and O–H groups in total. The van der Waals surface area contributed by atoms with E-state index in [1.165, 1.54) is 22.3 Å². The normalized spacial score (nSPS) is 20.3. The molecule has 8 nitrogen and oxygen atoms in total. The standard InChI is InChI=1S/2C17H20N2O2/c2*1-4-21-17(20)15-8-14(15)13-5-6-16(11(2)7-13)19-9-12(3)18-10-19/h2*5-7,9-10,14-15H,4,8H2,1-3H3. The maximum Gasteiger partial charge on any atom is 0.309 e. The minimum absolute atomic E-state index is 0.0469. The van der Waals surface area contributed by atoms with Crippen molar-refractivity contribution in [2.45, 2.75) is 66.2 Å². The molecule has 4 atom stereocenters. The van der Waals surface area contributed by atoms with Gasteiger partial charge < -0.3 is 18.6 Å². The fourth-order valence-electron chi connectivity index (χ4n) is 5.65. The first-order valence-electron chi connectivity index (χ1n) is 14.8. The number of esters is 2. The SMILES string of the molecule is CCOC(=O)C1CC1c1ccc(-n2cnc(C)c2)c(C)c1.CCOC(=O)C1CC1c1ccc(-n2cnc(C)c2)c(C)c1. The second kappa shape index (κ2) is 12.3. The molecule has 220 valence electrons. The molecule has 0 aliphatic heterocycles. The smallest absolute Gasteiger partial charge is 0.309 e. The van der Waals surface area contributed by atoms with Gasteiger partial charge in [0.2, 0.25) is 0 Å². The average molecular weight is 569 g/mol. The average Bonchev–Trinajstić information content (AvgIpc) is 3.86. The second-order valence-electron chi connectivity index (χ2n) is 11.3. The number of benzene rings is 2. The highest BCUT2D eigenvalue weighted by Gasteiger charge is 2.46.